The van der Waals surface area contributed by atoms with Crippen molar-refractivity contribution < 1.29 is 20.1 Å². The van der Waals surface area contributed by atoms with E-state index >= 15 is 0 Å². The molecule has 0 bridgehead atoms. The summed E-state index contributed by atoms with van der Waals surface area (Å²) in [5.74, 6) is -2.33. The van der Waals surface area contributed by atoms with Gasteiger partial charge >= 0.3 is 5.97 Å². The lowest BCUT2D eigenvalue weighted by molar-refractivity contribution is 0.0689. The van der Waals surface area contributed by atoms with Crippen molar-refractivity contribution in [1.82, 2.24) is 0 Å². The van der Waals surface area contributed by atoms with E-state index in [9.17, 15) is 20.1 Å². The van der Waals surface area contributed by atoms with Crippen LogP contribution in [0.2, 0.25) is 10.0 Å². The highest BCUT2D eigenvalue weighted by Crippen LogP contribution is 2.46. The van der Waals surface area contributed by atoms with Crippen molar-refractivity contribution in [2.24, 2.45) is 0 Å². The van der Waals surface area contributed by atoms with Crippen LogP contribution in [0, 0.1) is 0 Å². The van der Waals surface area contributed by atoms with Crippen LogP contribution in [0.25, 0.3) is 0 Å². The molecule has 0 unspecified atom stereocenters. The van der Waals surface area contributed by atoms with Gasteiger partial charge in [-0.1, -0.05) is 55.7 Å². The third-order valence-electron chi connectivity index (χ3n) is 3.37. The van der Waals surface area contributed by atoms with E-state index in [2.05, 4.69) is 0 Å². The van der Waals surface area contributed by atoms with E-state index < -0.39 is 28.4 Å². The van der Waals surface area contributed by atoms with Crippen molar-refractivity contribution in [1.29, 1.82) is 0 Å². The van der Waals surface area contributed by atoms with Gasteiger partial charge in [0.2, 0.25) is 0 Å². The number of aromatic hydroxyl groups is 2. The number of carbonyl (C=O) groups is 1. The summed E-state index contributed by atoms with van der Waals surface area (Å²) in [5.41, 5.74) is -0.610. The number of phenols is 2. The molecule has 0 heterocycles. The maximum atomic E-state index is 11.5. The highest BCUT2D eigenvalue weighted by Gasteiger charge is 2.28. The molecule has 0 aliphatic heterocycles. The Morgan fingerprint density at radius 3 is 2.17 bits per heavy atom. The summed E-state index contributed by atoms with van der Waals surface area (Å²) in [4.78, 5) is 12.4. The lowest BCUT2D eigenvalue weighted by atomic mass is 9.85. The van der Waals surface area contributed by atoms with Gasteiger partial charge in [0.25, 0.3) is 0 Å². The van der Waals surface area contributed by atoms with Crippen LogP contribution < -0.4 is 0 Å². The van der Waals surface area contributed by atoms with Crippen molar-refractivity contribution in [3.8, 4) is 11.5 Å². The average molecular weight is 387 g/mol. The molecule has 0 aliphatic carbocycles. The molecule has 2 aromatic carbocycles. The van der Waals surface area contributed by atoms with Gasteiger partial charge in [0.1, 0.15) is 17.1 Å². The third kappa shape index (κ3) is 3.74. The monoisotopic (exact) mass is 386 g/mol. The molecule has 2 rings (SSSR count). The minimum absolute atomic E-state index is 0.291. The molecule has 0 saturated heterocycles. The lowest BCUT2D eigenvalue weighted by Crippen LogP contribution is -2.14. The van der Waals surface area contributed by atoms with Gasteiger partial charge in [-0.25, -0.2) is 4.79 Å². The third-order valence-corrected chi connectivity index (χ3v) is 5.14. The first-order valence-electron chi connectivity index (χ1n) is 6.98. The fraction of sp³-hybridized carbons (Fsp3) is 0.235. The lowest BCUT2D eigenvalue weighted by Gasteiger charge is -2.23. The molecular formula is C17H16Cl2O4S. The van der Waals surface area contributed by atoms with E-state index in [1.165, 1.54) is 0 Å². The fourth-order valence-corrected chi connectivity index (χ4v) is 3.60. The number of benzene rings is 2. The zero-order valence-corrected chi connectivity index (χ0v) is 15.6. The van der Waals surface area contributed by atoms with Gasteiger partial charge in [-0.15, -0.1) is 0 Å². The Labute approximate surface area is 154 Å². The largest absolute Gasteiger partial charge is 0.507 e. The van der Waals surface area contributed by atoms with Crippen LogP contribution >= 0.6 is 35.0 Å². The molecule has 128 valence electrons. The van der Waals surface area contributed by atoms with Gasteiger partial charge in [-0.2, -0.15) is 0 Å². The first-order valence-corrected chi connectivity index (χ1v) is 8.55. The zero-order chi connectivity index (χ0) is 18.2. The number of aromatic carboxylic acids is 1. The van der Waals surface area contributed by atoms with E-state index in [0.29, 0.717) is 25.4 Å². The molecule has 0 atom stereocenters. The standard InChI is InChI=1S/C17H16Cl2O4S/c1-17(2,3)9-7-12(15(21)13(14(9)20)16(22)23)24-11-5-4-8(18)6-10(11)19/h4-7,20-21H,1-3H3,(H,22,23). The normalized spacial score (nSPS) is 11.5. The first kappa shape index (κ1) is 18.8. The maximum Gasteiger partial charge on any atom is 0.343 e. The van der Waals surface area contributed by atoms with E-state index in [-0.39, 0.29) is 0 Å². The molecule has 7 heteroatoms. The molecule has 0 aliphatic rings. The predicted molar refractivity (Wildman–Crippen MR) is 96.0 cm³/mol. The smallest absolute Gasteiger partial charge is 0.343 e. The van der Waals surface area contributed by atoms with Gasteiger partial charge < -0.3 is 15.3 Å². The van der Waals surface area contributed by atoms with Crippen LogP contribution in [0.1, 0.15) is 36.7 Å². The number of hydrogen-bond donors (Lipinski definition) is 3. The van der Waals surface area contributed by atoms with Crippen LogP contribution in [-0.4, -0.2) is 21.3 Å². The summed E-state index contributed by atoms with van der Waals surface area (Å²) >= 11 is 13.1. The van der Waals surface area contributed by atoms with Gasteiger partial charge in [-0.05, 0) is 29.7 Å². The molecule has 0 fully saturated rings. The van der Waals surface area contributed by atoms with Crippen molar-refractivity contribution in [3.05, 3.63) is 45.4 Å². The summed E-state index contributed by atoms with van der Waals surface area (Å²) in [6.07, 6.45) is 0. The number of rotatable bonds is 3. The molecule has 0 aromatic heterocycles. The Morgan fingerprint density at radius 2 is 1.67 bits per heavy atom. The summed E-state index contributed by atoms with van der Waals surface area (Å²) in [5, 5.41) is 30.8. The minimum Gasteiger partial charge on any atom is -0.507 e. The van der Waals surface area contributed by atoms with Crippen LogP contribution in [0.3, 0.4) is 0 Å². The molecule has 24 heavy (non-hydrogen) atoms. The van der Waals surface area contributed by atoms with Crippen LogP contribution in [0.4, 0.5) is 0 Å². The van der Waals surface area contributed by atoms with E-state index in [4.69, 9.17) is 23.2 Å². The van der Waals surface area contributed by atoms with Crippen molar-refractivity contribution in [3.63, 3.8) is 0 Å². The number of carboxylic acid groups (broad SMARTS) is 1. The molecule has 4 nitrogen and oxygen atoms in total. The summed E-state index contributed by atoms with van der Waals surface area (Å²) < 4.78 is 0. The number of halogens is 2. The predicted octanol–water partition coefficient (Wildman–Crippen LogP) is 5.55. The minimum atomic E-state index is -1.40. The molecule has 0 spiro atoms. The van der Waals surface area contributed by atoms with E-state index in [1.54, 1.807) is 24.3 Å². The Bertz CT molecular complexity index is 813. The number of carboxylic acids is 1. The molecular weight excluding hydrogens is 371 g/mol. The molecule has 0 amide bonds. The fourth-order valence-electron chi connectivity index (χ4n) is 2.17. The quantitative estimate of drug-likeness (QED) is 0.644. The number of hydrogen-bond acceptors (Lipinski definition) is 4. The summed E-state index contributed by atoms with van der Waals surface area (Å²) in [7, 11) is 0. The zero-order valence-electron chi connectivity index (χ0n) is 13.2. The average Bonchev–Trinajstić information content (AvgIpc) is 2.42. The molecule has 2 aromatic rings. The SMILES string of the molecule is CC(C)(C)c1cc(Sc2ccc(Cl)cc2Cl)c(O)c(C(=O)O)c1O. The second kappa shape index (κ2) is 6.75. The molecule has 3 N–H and O–H groups in total. The highest BCUT2D eigenvalue weighted by atomic mass is 35.5. The van der Waals surface area contributed by atoms with Crippen LogP contribution in [-0.2, 0) is 5.41 Å². The topological polar surface area (TPSA) is 77.8 Å². The van der Waals surface area contributed by atoms with Crippen molar-refractivity contribution in [2.45, 2.75) is 36.0 Å². The highest BCUT2D eigenvalue weighted by molar-refractivity contribution is 7.99. The molecule has 0 radical (unpaired) electrons. The van der Waals surface area contributed by atoms with Crippen molar-refractivity contribution >= 4 is 40.9 Å². The Morgan fingerprint density at radius 1 is 1.04 bits per heavy atom. The summed E-state index contributed by atoms with van der Waals surface area (Å²) in [6.45, 7) is 5.53. The maximum absolute atomic E-state index is 11.5. The van der Waals surface area contributed by atoms with Crippen molar-refractivity contribution in [2.75, 3.05) is 0 Å². The van der Waals surface area contributed by atoms with Gasteiger partial charge in [0.05, 0.1) is 9.92 Å². The van der Waals surface area contributed by atoms with Gasteiger partial charge in [-0.3, -0.25) is 0 Å². The Hall–Kier alpha value is -1.56. The second-order valence-electron chi connectivity index (χ2n) is 6.23. The van der Waals surface area contributed by atoms with Gasteiger partial charge in [0, 0.05) is 15.5 Å². The van der Waals surface area contributed by atoms with Crippen LogP contribution in [0.5, 0.6) is 11.5 Å². The van der Waals surface area contributed by atoms with Gasteiger partial charge in [0.15, 0.2) is 0 Å². The summed E-state index contributed by atoms with van der Waals surface area (Å²) in [6, 6.07) is 6.47. The Kier molecular flexibility index (Phi) is 5.28. The molecule has 0 saturated carbocycles. The second-order valence-corrected chi connectivity index (χ2v) is 8.15. The van der Waals surface area contributed by atoms with E-state index in [0.717, 1.165) is 11.8 Å². The Balaban J connectivity index is 2.65. The van der Waals surface area contributed by atoms with E-state index in [1.807, 2.05) is 20.8 Å². The van der Waals surface area contributed by atoms with Crippen LogP contribution in [0.15, 0.2) is 34.1 Å². The first-order chi connectivity index (χ1) is 11.0.